The molecule has 1 heterocycles. The first-order valence-corrected chi connectivity index (χ1v) is 9.00. The zero-order valence-corrected chi connectivity index (χ0v) is 14.7. The van der Waals surface area contributed by atoms with Gasteiger partial charge in [0, 0.05) is 0 Å². The van der Waals surface area contributed by atoms with E-state index in [0.717, 1.165) is 11.1 Å². The van der Waals surface area contributed by atoms with Gasteiger partial charge in [-0.15, -0.1) is 0 Å². The first-order chi connectivity index (χ1) is 12.2. The van der Waals surface area contributed by atoms with Crippen molar-refractivity contribution in [1.29, 1.82) is 0 Å². The van der Waals surface area contributed by atoms with Gasteiger partial charge < -0.3 is 4.74 Å². The highest BCUT2D eigenvalue weighted by Gasteiger charge is 2.32. The Morgan fingerprint density at radius 3 is 1.84 bits per heavy atom. The second kappa shape index (κ2) is 8.10. The topological polar surface area (TPSA) is 43.4 Å². The van der Waals surface area contributed by atoms with Gasteiger partial charge in [0.25, 0.3) is 0 Å². The molecule has 3 nitrogen and oxygen atoms in total. The number of carbonyl (C=O) groups is 2. The Morgan fingerprint density at radius 1 is 0.840 bits per heavy atom. The van der Waals surface area contributed by atoms with Crippen molar-refractivity contribution < 1.29 is 14.3 Å². The molecule has 0 spiro atoms. The van der Waals surface area contributed by atoms with Crippen LogP contribution in [0.2, 0.25) is 0 Å². The largest absolute Gasteiger partial charge is 0.452 e. The van der Waals surface area contributed by atoms with Crippen LogP contribution in [0.4, 0.5) is 0 Å². The number of carbonyl (C=O) groups excluding carboxylic acids is 2. The molecular weight excluding hydrogens is 356 g/mol. The highest BCUT2D eigenvalue weighted by molar-refractivity contribution is 7.08. The van der Waals surface area contributed by atoms with Crippen LogP contribution in [0.15, 0.2) is 77.5 Å². The number of hydrogen-bond donors (Lipinski definition) is 0. The van der Waals surface area contributed by atoms with Gasteiger partial charge in [-0.2, -0.15) is 11.3 Å². The molecule has 1 aromatic heterocycles. The summed E-state index contributed by atoms with van der Waals surface area (Å²) in [5, 5.41) is 2.77. The van der Waals surface area contributed by atoms with E-state index >= 15 is 0 Å². The SMILES string of the molecule is O=C(Cl)C(C(=O)OC(c1ccccc1)c1ccccc1)c1ccsc1. The lowest BCUT2D eigenvalue weighted by molar-refractivity contribution is -0.150. The summed E-state index contributed by atoms with van der Waals surface area (Å²) in [4.78, 5) is 24.5. The summed E-state index contributed by atoms with van der Waals surface area (Å²) < 4.78 is 5.73. The van der Waals surface area contributed by atoms with Gasteiger partial charge in [0.1, 0.15) is 0 Å². The molecule has 0 N–H and O–H groups in total. The molecule has 0 saturated carbocycles. The van der Waals surface area contributed by atoms with Gasteiger partial charge >= 0.3 is 5.97 Å². The molecular formula is C20H15ClO3S. The van der Waals surface area contributed by atoms with Crippen LogP contribution in [0.1, 0.15) is 28.7 Å². The number of thiophene rings is 1. The van der Waals surface area contributed by atoms with E-state index in [9.17, 15) is 9.59 Å². The van der Waals surface area contributed by atoms with Gasteiger partial charge in [0.2, 0.25) is 5.24 Å². The molecule has 3 aromatic rings. The summed E-state index contributed by atoms with van der Waals surface area (Å²) >= 11 is 7.07. The third-order valence-electron chi connectivity index (χ3n) is 3.78. The number of benzene rings is 2. The molecule has 126 valence electrons. The van der Waals surface area contributed by atoms with Gasteiger partial charge in [-0.25, -0.2) is 0 Å². The highest BCUT2D eigenvalue weighted by Crippen LogP contribution is 2.30. The summed E-state index contributed by atoms with van der Waals surface area (Å²) in [6.45, 7) is 0. The molecule has 5 heteroatoms. The lowest BCUT2D eigenvalue weighted by atomic mass is 10.0. The van der Waals surface area contributed by atoms with Crippen LogP contribution in [0, 0.1) is 0 Å². The van der Waals surface area contributed by atoms with Crippen molar-refractivity contribution in [2.45, 2.75) is 12.0 Å². The maximum atomic E-state index is 12.7. The highest BCUT2D eigenvalue weighted by atomic mass is 35.5. The Labute approximate surface area is 154 Å². The number of esters is 1. The molecule has 0 aliphatic rings. The van der Waals surface area contributed by atoms with Gasteiger partial charge in [0.05, 0.1) is 0 Å². The van der Waals surface area contributed by atoms with Gasteiger partial charge in [-0.1, -0.05) is 60.7 Å². The average molecular weight is 371 g/mol. The minimum absolute atomic E-state index is 0.551. The van der Waals surface area contributed by atoms with Crippen molar-refractivity contribution in [3.63, 3.8) is 0 Å². The molecule has 1 unspecified atom stereocenters. The van der Waals surface area contributed by atoms with E-state index in [4.69, 9.17) is 16.3 Å². The molecule has 0 fully saturated rings. The van der Waals surface area contributed by atoms with Crippen LogP contribution in [0.3, 0.4) is 0 Å². The second-order valence-corrected chi connectivity index (χ2v) is 6.58. The molecule has 0 saturated heterocycles. The zero-order valence-electron chi connectivity index (χ0n) is 13.2. The van der Waals surface area contributed by atoms with Crippen LogP contribution < -0.4 is 0 Å². The minimum Gasteiger partial charge on any atom is -0.452 e. The molecule has 25 heavy (non-hydrogen) atoms. The first-order valence-electron chi connectivity index (χ1n) is 7.68. The molecule has 3 rings (SSSR count). The lowest BCUT2D eigenvalue weighted by Crippen LogP contribution is -2.23. The maximum absolute atomic E-state index is 12.7. The summed E-state index contributed by atoms with van der Waals surface area (Å²) in [7, 11) is 0. The molecule has 0 aliphatic heterocycles. The smallest absolute Gasteiger partial charge is 0.323 e. The van der Waals surface area contributed by atoms with Crippen LogP contribution >= 0.6 is 22.9 Å². The van der Waals surface area contributed by atoms with Gasteiger partial charge in [-0.3, -0.25) is 9.59 Å². The first kappa shape index (κ1) is 17.4. The number of hydrogen-bond acceptors (Lipinski definition) is 4. The normalized spacial score (nSPS) is 11.9. The Bertz CT molecular complexity index is 792. The quantitative estimate of drug-likeness (QED) is 0.351. The Morgan fingerprint density at radius 2 is 1.40 bits per heavy atom. The third-order valence-corrected chi connectivity index (χ3v) is 4.70. The molecule has 2 aromatic carbocycles. The fourth-order valence-corrected chi connectivity index (χ4v) is 3.47. The number of ether oxygens (including phenoxy) is 1. The fraction of sp³-hybridized carbons (Fsp3) is 0.100. The summed E-state index contributed by atoms with van der Waals surface area (Å²) in [6, 6.07) is 20.5. The van der Waals surface area contributed by atoms with E-state index in [1.165, 1.54) is 11.3 Å². The molecule has 0 bridgehead atoms. The summed E-state index contributed by atoms with van der Waals surface area (Å²) in [6.07, 6.45) is -0.605. The van der Waals surface area contributed by atoms with Crippen LogP contribution in [0.5, 0.6) is 0 Å². The average Bonchev–Trinajstić information content (AvgIpc) is 3.15. The second-order valence-electron chi connectivity index (χ2n) is 5.43. The van der Waals surface area contributed by atoms with Crippen molar-refractivity contribution >= 4 is 34.1 Å². The summed E-state index contributed by atoms with van der Waals surface area (Å²) in [5.74, 6) is -1.78. The Balaban J connectivity index is 1.92. The van der Waals surface area contributed by atoms with Crippen LogP contribution in [-0.4, -0.2) is 11.2 Å². The Kier molecular flexibility index (Phi) is 5.64. The maximum Gasteiger partial charge on any atom is 0.323 e. The van der Waals surface area contributed by atoms with E-state index in [2.05, 4.69) is 0 Å². The standard InChI is InChI=1S/C20H15ClO3S/c21-19(22)17(16-11-12-25-13-16)20(23)24-18(14-7-3-1-4-8-14)15-9-5-2-6-10-15/h1-13,17-18H. The van der Waals surface area contributed by atoms with Gasteiger partial charge in [0.15, 0.2) is 12.0 Å². The third kappa shape index (κ3) is 4.16. The molecule has 0 amide bonds. The fourth-order valence-electron chi connectivity index (χ4n) is 2.57. The van der Waals surface area contributed by atoms with E-state index in [1.807, 2.05) is 60.7 Å². The molecule has 1 atom stereocenters. The predicted molar refractivity (Wildman–Crippen MR) is 98.7 cm³/mol. The van der Waals surface area contributed by atoms with E-state index < -0.39 is 23.2 Å². The minimum atomic E-state index is -1.12. The van der Waals surface area contributed by atoms with Crippen molar-refractivity contribution in [3.05, 3.63) is 94.2 Å². The summed E-state index contributed by atoms with van der Waals surface area (Å²) in [5.41, 5.74) is 2.20. The molecule has 0 aliphatic carbocycles. The lowest BCUT2D eigenvalue weighted by Gasteiger charge is -2.21. The monoisotopic (exact) mass is 370 g/mol. The number of rotatable bonds is 6. The van der Waals surface area contributed by atoms with Crippen molar-refractivity contribution in [3.8, 4) is 0 Å². The van der Waals surface area contributed by atoms with E-state index in [1.54, 1.807) is 16.8 Å². The van der Waals surface area contributed by atoms with Crippen molar-refractivity contribution in [2.24, 2.45) is 0 Å². The zero-order chi connectivity index (χ0) is 17.6. The molecule has 0 radical (unpaired) electrons. The van der Waals surface area contributed by atoms with E-state index in [0.29, 0.717) is 5.56 Å². The Hall–Kier alpha value is -2.43. The van der Waals surface area contributed by atoms with Crippen molar-refractivity contribution in [1.82, 2.24) is 0 Å². The van der Waals surface area contributed by atoms with E-state index in [-0.39, 0.29) is 0 Å². The van der Waals surface area contributed by atoms with Crippen LogP contribution in [-0.2, 0) is 14.3 Å². The van der Waals surface area contributed by atoms with Crippen molar-refractivity contribution in [2.75, 3.05) is 0 Å². The van der Waals surface area contributed by atoms with Crippen LogP contribution in [0.25, 0.3) is 0 Å². The predicted octanol–water partition coefficient (Wildman–Crippen LogP) is 4.93. The van der Waals surface area contributed by atoms with Gasteiger partial charge in [-0.05, 0) is 45.1 Å². The number of halogens is 1.